The molecule has 0 radical (unpaired) electrons. The van der Waals surface area contributed by atoms with Gasteiger partial charge in [0.25, 0.3) is 0 Å². The summed E-state index contributed by atoms with van der Waals surface area (Å²) in [6.45, 7) is 12.9. The van der Waals surface area contributed by atoms with Gasteiger partial charge in [0.15, 0.2) is 0 Å². The van der Waals surface area contributed by atoms with Crippen molar-refractivity contribution >= 4 is 45.2 Å². The van der Waals surface area contributed by atoms with Crippen molar-refractivity contribution < 1.29 is 0 Å². The fourth-order valence-corrected chi connectivity index (χ4v) is 10.7. The lowest BCUT2D eigenvalue weighted by Gasteiger charge is -2.59. The van der Waals surface area contributed by atoms with E-state index < -0.39 is 0 Å². The third kappa shape index (κ3) is 5.03. The first-order chi connectivity index (χ1) is 13.8. The first kappa shape index (κ1) is 25.1. The van der Waals surface area contributed by atoms with Crippen LogP contribution < -0.4 is 0 Å². The SMILES string of the molecule is CC(C)CCC[C@@H](C)[C@@H]1CC[C@H]2[C@H]3CC[C@@H](CCI)[C@@](C)(CCI)[C@@H]3CC[C@@]21C. The Morgan fingerprint density at radius 1 is 0.862 bits per heavy atom. The molecular formula is C27H48I2. The highest BCUT2D eigenvalue weighted by Crippen LogP contribution is 2.67. The van der Waals surface area contributed by atoms with Gasteiger partial charge in [-0.3, -0.25) is 0 Å². The van der Waals surface area contributed by atoms with E-state index in [2.05, 4.69) is 79.8 Å². The lowest BCUT2D eigenvalue weighted by Crippen LogP contribution is -2.52. The van der Waals surface area contributed by atoms with E-state index in [1.807, 2.05) is 0 Å². The third-order valence-electron chi connectivity index (χ3n) is 10.4. The van der Waals surface area contributed by atoms with Crippen LogP contribution in [0, 0.1) is 52.3 Å². The van der Waals surface area contributed by atoms with Crippen LogP contribution in [0.4, 0.5) is 0 Å². The van der Waals surface area contributed by atoms with Gasteiger partial charge in [-0.25, -0.2) is 0 Å². The number of halogens is 2. The monoisotopic (exact) mass is 626 g/mol. The number of rotatable bonds is 9. The summed E-state index contributed by atoms with van der Waals surface area (Å²) in [4.78, 5) is 0. The second kappa shape index (κ2) is 10.6. The molecule has 170 valence electrons. The van der Waals surface area contributed by atoms with Crippen molar-refractivity contribution in [2.45, 2.75) is 105 Å². The molecule has 0 saturated heterocycles. The molecule has 0 amide bonds. The van der Waals surface area contributed by atoms with Gasteiger partial charge >= 0.3 is 0 Å². The average Bonchev–Trinajstić information content (AvgIpc) is 3.01. The van der Waals surface area contributed by atoms with Crippen molar-refractivity contribution in [1.82, 2.24) is 0 Å². The van der Waals surface area contributed by atoms with E-state index in [4.69, 9.17) is 0 Å². The lowest BCUT2D eigenvalue weighted by molar-refractivity contribution is -0.101. The van der Waals surface area contributed by atoms with Crippen molar-refractivity contribution in [2.24, 2.45) is 52.3 Å². The molecular weight excluding hydrogens is 578 g/mol. The number of hydrogen-bond donors (Lipinski definition) is 0. The van der Waals surface area contributed by atoms with Crippen LogP contribution in [0.2, 0.25) is 0 Å². The zero-order chi connectivity index (χ0) is 21.2. The number of fused-ring (bicyclic) bond motifs is 3. The molecule has 2 heteroatoms. The van der Waals surface area contributed by atoms with Gasteiger partial charge in [0.2, 0.25) is 0 Å². The van der Waals surface area contributed by atoms with Gasteiger partial charge in [-0.2, -0.15) is 0 Å². The van der Waals surface area contributed by atoms with E-state index in [1.54, 1.807) is 12.8 Å². The van der Waals surface area contributed by atoms with Crippen molar-refractivity contribution in [3.8, 4) is 0 Å². The van der Waals surface area contributed by atoms with Gasteiger partial charge < -0.3 is 0 Å². The Labute approximate surface area is 210 Å². The Bertz CT molecular complexity index is 517. The largest absolute Gasteiger partial charge is 0.0864 e. The Morgan fingerprint density at radius 3 is 2.28 bits per heavy atom. The number of alkyl halides is 2. The van der Waals surface area contributed by atoms with Gasteiger partial charge in [0, 0.05) is 4.43 Å². The topological polar surface area (TPSA) is 0 Å². The van der Waals surface area contributed by atoms with E-state index in [1.165, 1.54) is 66.6 Å². The Kier molecular flexibility index (Phi) is 9.17. The summed E-state index contributed by atoms with van der Waals surface area (Å²) in [7, 11) is 0. The molecule has 0 spiro atoms. The molecule has 3 aliphatic carbocycles. The normalized spacial score (nSPS) is 43.2. The molecule has 29 heavy (non-hydrogen) atoms. The molecule has 3 rings (SSSR count). The highest BCUT2D eigenvalue weighted by molar-refractivity contribution is 14.1. The highest BCUT2D eigenvalue weighted by Gasteiger charge is 2.59. The van der Waals surface area contributed by atoms with Crippen LogP contribution in [0.5, 0.6) is 0 Å². The smallest absolute Gasteiger partial charge is 0.0000661 e. The Morgan fingerprint density at radius 2 is 1.62 bits per heavy atom. The molecule has 8 atom stereocenters. The van der Waals surface area contributed by atoms with E-state index in [-0.39, 0.29) is 0 Å². The summed E-state index contributed by atoms with van der Waals surface area (Å²) in [6.07, 6.45) is 16.5. The van der Waals surface area contributed by atoms with Crippen molar-refractivity contribution in [3.63, 3.8) is 0 Å². The maximum atomic E-state index is 2.75. The van der Waals surface area contributed by atoms with Crippen LogP contribution in [0.3, 0.4) is 0 Å². The number of hydrogen-bond acceptors (Lipinski definition) is 0. The Hall–Kier alpha value is 1.46. The summed E-state index contributed by atoms with van der Waals surface area (Å²) in [5.41, 5.74) is 1.28. The molecule has 3 fully saturated rings. The molecule has 0 bridgehead atoms. The van der Waals surface area contributed by atoms with Crippen molar-refractivity contribution in [1.29, 1.82) is 0 Å². The molecule has 0 N–H and O–H groups in total. The summed E-state index contributed by atoms with van der Waals surface area (Å²) >= 11 is 5.29. The fourth-order valence-electron chi connectivity index (χ4n) is 8.76. The van der Waals surface area contributed by atoms with Crippen molar-refractivity contribution in [2.75, 3.05) is 8.86 Å². The molecule has 0 unspecified atom stereocenters. The molecule has 0 aromatic rings. The van der Waals surface area contributed by atoms with Crippen molar-refractivity contribution in [3.05, 3.63) is 0 Å². The minimum atomic E-state index is 0.623. The molecule has 3 saturated carbocycles. The van der Waals surface area contributed by atoms with Crippen LogP contribution in [0.1, 0.15) is 105 Å². The summed E-state index contributed by atoms with van der Waals surface area (Å²) in [6, 6.07) is 0. The predicted octanol–water partition coefficient (Wildman–Crippen LogP) is 9.57. The van der Waals surface area contributed by atoms with E-state index in [0.717, 1.165) is 41.4 Å². The molecule has 0 nitrogen and oxygen atoms in total. The molecule has 0 aliphatic heterocycles. The molecule has 0 aromatic carbocycles. The summed E-state index contributed by atoms with van der Waals surface area (Å²) in [5, 5.41) is 0. The van der Waals surface area contributed by atoms with Crippen LogP contribution in [0.15, 0.2) is 0 Å². The molecule has 3 aliphatic rings. The highest BCUT2D eigenvalue weighted by atomic mass is 127. The van der Waals surface area contributed by atoms with Crippen LogP contribution in [-0.4, -0.2) is 8.86 Å². The zero-order valence-corrected chi connectivity index (χ0v) is 24.3. The first-order valence-electron chi connectivity index (χ1n) is 12.9. The van der Waals surface area contributed by atoms with Crippen LogP contribution in [-0.2, 0) is 0 Å². The fraction of sp³-hybridized carbons (Fsp3) is 1.00. The van der Waals surface area contributed by atoms with Crippen LogP contribution in [0.25, 0.3) is 0 Å². The quantitative estimate of drug-likeness (QED) is 0.177. The van der Waals surface area contributed by atoms with E-state index in [0.29, 0.717) is 10.8 Å². The van der Waals surface area contributed by atoms with Gasteiger partial charge in [-0.15, -0.1) is 0 Å². The minimum absolute atomic E-state index is 0.623. The maximum absolute atomic E-state index is 2.75. The van der Waals surface area contributed by atoms with Crippen LogP contribution >= 0.6 is 45.2 Å². The summed E-state index contributed by atoms with van der Waals surface area (Å²) in [5.74, 6) is 6.91. The first-order valence-corrected chi connectivity index (χ1v) is 15.9. The predicted molar refractivity (Wildman–Crippen MR) is 146 cm³/mol. The van der Waals surface area contributed by atoms with E-state index in [9.17, 15) is 0 Å². The maximum Gasteiger partial charge on any atom is 0.0000661 e. The minimum Gasteiger partial charge on any atom is -0.0864 e. The van der Waals surface area contributed by atoms with Gasteiger partial charge in [0.1, 0.15) is 0 Å². The standard InChI is InChI=1S/C27H48I2/c1-19(2)7-6-8-20(3)23-11-12-24-22-10-9-21(14-17-28)26(4,16-18-29)25(22)13-15-27(23,24)5/h19-25H,6-18H2,1-5H3/t20-,21+,22-,23+,24+,25-,26-,27-/m1/s1. The second-order valence-electron chi connectivity index (χ2n) is 12.1. The Balaban J connectivity index is 1.73. The van der Waals surface area contributed by atoms with Gasteiger partial charge in [-0.05, 0) is 108 Å². The summed E-state index contributed by atoms with van der Waals surface area (Å²) < 4.78 is 2.71. The molecule has 0 heterocycles. The zero-order valence-electron chi connectivity index (χ0n) is 20.0. The molecule has 0 aromatic heterocycles. The lowest BCUT2D eigenvalue weighted by atomic mass is 9.46. The van der Waals surface area contributed by atoms with Gasteiger partial charge in [0.05, 0.1) is 0 Å². The van der Waals surface area contributed by atoms with E-state index >= 15 is 0 Å². The van der Waals surface area contributed by atoms with Gasteiger partial charge in [-0.1, -0.05) is 99.1 Å². The average molecular weight is 626 g/mol. The third-order valence-corrected chi connectivity index (χ3v) is 11.5. The second-order valence-corrected chi connectivity index (χ2v) is 14.3.